The Kier molecular flexibility index (Phi) is 4.83. The summed E-state index contributed by atoms with van der Waals surface area (Å²) < 4.78 is 19.5. The Morgan fingerprint density at radius 3 is 2.50 bits per heavy atom. The van der Waals surface area contributed by atoms with Gasteiger partial charge in [0.2, 0.25) is 11.8 Å². The van der Waals surface area contributed by atoms with Crippen molar-refractivity contribution in [1.82, 2.24) is 4.57 Å². The van der Waals surface area contributed by atoms with Crippen LogP contribution in [0.1, 0.15) is 6.42 Å². The van der Waals surface area contributed by atoms with Gasteiger partial charge < -0.3 is 15.1 Å². The predicted octanol–water partition coefficient (Wildman–Crippen LogP) is 1.64. The van der Waals surface area contributed by atoms with E-state index >= 15 is 0 Å². The summed E-state index contributed by atoms with van der Waals surface area (Å²) in [6, 6.07) is 12.0. The van der Waals surface area contributed by atoms with E-state index in [0.717, 1.165) is 0 Å². The van der Waals surface area contributed by atoms with Gasteiger partial charge in [-0.3, -0.25) is 14.2 Å². The second-order valence-corrected chi connectivity index (χ2v) is 5.66. The molecule has 0 saturated heterocycles. The van der Waals surface area contributed by atoms with E-state index in [-0.39, 0.29) is 19.5 Å². The zero-order valence-corrected chi connectivity index (χ0v) is 13.7. The van der Waals surface area contributed by atoms with Crippen molar-refractivity contribution in [2.75, 3.05) is 11.4 Å². The number of anilines is 1. The monoisotopic (exact) mass is 357 g/mol. The van der Waals surface area contributed by atoms with Crippen LogP contribution in [0, 0.1) is 5.82 Å². The number of carbonyl (C=O) groups excluding carboxylic acids is 2. The van der Waals surface area contributed by atoms with E-state index in [9.17, 15) is 18.8 Å². The largest absolute Gasteiger partial charge is 0.420 e. The molecule has 1 heterocycles. The van der Waals surface area contributed by atoms with Crippen molar-refractivity contribution in [1.29, 1.82) is 0 Å². The third-order valence-electron chi connectivity index (χ3n) is 3.89. The molecule has 0 aliphatic carbocycles. The smallest absolute Gasteiger partial charge is 0.408 e. The molecule has 0 spiro atoms. The number of primary amides is 1. The zero-order valence-electron chi connectivity index (χ0n) is 13.7. The lowest BCUT2D eigenvalue weighted by Gasteiger charge is -2.22. The fourth-order valence-corrected chi connectivity index (χ4v) is 2.63. The Bertz CT molecular complexity index is 1010. The molecular weight excluding hydrogens is 341 g/mol. The van der Waals surface area contributed by atoms with Gasteiger partial charge >= 0.3 is 5.76 Å². The molecule has 2 amide bonds. The molecule has 0 saturated carbocycles. The van der Waals surface area contributed by atoms with Crippen molar-refractivity contribution >= 4 is 28.6 Å². The fraction of sp³-hybridized carbons (Fsp3) is 0.167. The van der Waals surface area contributed by atoms with Crippen molar-refractivity contribution < 1.29 is 18.4 Å². The highest BCUT2D eigenvalue weighted by Crippen LogP contribution is 2.17. The first kappa shape index (κ1) is 17.4. The van der Waals surface area contributed by atoms with Crippen molar-refractivity contribution in [2.45, 2.75) is 13.0 Å². The number of amides is 2. The number of fused-ring (bicyclic) bond motifs is 1. The highest BCUT2D eigenvalue weighted by molar-refractivity contribution is 5.94. The lowest BCUT2D eigenvalue weighted by molar-refractivity contribution is -0.119. The van der Waals surface area contributed by atoms with Gasteiger partial charge in [0, 0.05) is 18.7 Å². The molecule has 2 N–H and O–H groups in total. The number of nitrogens with zero attached hydrogens (tertiary/aromatic N) is 2. The maximum atomic E-state index is 13.2. The second kappa shape index (κ2) is 7.22. The molecule has 0 fully saturated rings. The standard InChI is InChI=1S/C18H16FN3O4/c19-12-5-7-13(8-6-12)21(10-9-16(20)23)17(24)11-22-14-3-1-2-4-15(14)26-18(22)25/h1-8H,9-11H2,(H2,20,23). The normalized spacial score (nSPS) is 10.8. The topological polar surface area (TPSA) is 98.5 Å². The first-order valence-corrected chi connectivity index (χ1v) is 7.88. The number of halogens is 1. The number of nitrogens with two attached hydrogens (primary N) is 1. The highest BCUT2D eigenvalue weighted by Gasteiger charge is 2.20. The minimum atomic E-state index is -0.659. The summed E-state index contributed by atoms with van der Waals surface area (Å²) >= 11 is 0. The molecule has 3 aromatic rings. The molecule has 0 unspecified atom stereocenters. The van der Waals surface area contributed by atoms with Crippen molar-refractivity contribution in [2.24, 2.45) is 5.73 Å². The van der Waals surface area contributed by atoms with Crippen LogP contribution in [0.15, 0.2) is 57.7 Å². The van der Waals surface area contributed by atoms with Gasteiger partial charge in [-0.1, -0.05) is 12.1 Å². The zero-order chi connectivity index (χ0) is 18.7. The number of hydrogen-bond donors (Lipinski definition) is 1. The second-order valence-electron chi connectivity index (χ2n) is 5.66. The molecule has 26 heavy (non-hydrogen) atoms. The van der Waals surface area contributed by atoms with Crippen molar-refractivity contribution in [3.63, 3.8) is 0 Å². The summed E-state index contributed by atoms with van der Waals surface area (Å²) in [6.45, 7) is -0.268. The van der Waals surface area contributed by atoms with Gasteiger partial charge in [-0.2, -0.15) is 0 Å². The van der Waals surface area contributed by atoms with E-state index in [1.807, 2.05) is 0 Å². The third-order valence-corrected chi connectivity index (χ3v) is 3.89. The van der Waals surface area contributed by atoms with Gasteiger partial charge in [-0.05, 0) is 36.4 Å². The van der Waals surface area contributed by atoms with Crippen LogP contribution in [0.4, 0.5) is 10.1 Å². The van der Waals surface area contributed by atoms with Crippen LogP contribution in [0.5, 0.6) is 0 Å². The lowest BCUT2D eigenvalue weighted by atomic mass is 10.2. The van der Waals surface area contributed by atoms with E-state index < -0.39 is 23.4 Å². The molecule has 0 atom stereocenters. The number of oxazole rings is 1. The molecule has 7 nitrogen and oxygen atoms in total. The Balaban J connectivity index is 1.91. The Morgan fingerprint density at radius 1 is 1.12 bits per heavy atom. The Labute approximate surface area is 147 Å². The minimum Gasteiger partial charge on any atom is -0.408 e. The molecule has 0 radical (unpaired) electrons. The Hall–Kier alpha value is -3.42. The van der Waals surface area contributed by atoms with Gasteiger partial charge in [0.1, 0.15) is 12.4 Å². The Morgan fingerprint density at radius 2 is 1.81 bits per heavy atom. The number of aromatic nitrogens is 1. The SMILES string of the molecule is NC(=O)CCN(C(=O)Cn1c(=O)oc2ccccc21)c1ccc(F)cc1. The van der Waals surface area contributed by atoms with E-state index in [1.54, 1.807) is 24.3 Å². The van der Waals surface area contributed by atoms with E-state index in [0.29, 0.717) is 16.8 Å². The summed E-state index contributed by atoms with van der Waals surface area (Å²) in [5.41, 5.74) is 6.43. The molecular formula is C18H16FN3O4. The number of carbonyl (C=O) groups is 2. The van der Waals surface area contributed by atoms with E-state index in [4.69, 9.17) is 10.2 Å². The summed E-state index contributed by atoms with van der Waals surface area (Å²) in [5, 5.41) is 0. The summed E-state index contributed by atoms with van der Waals surface area (Å²) in [5.74, 6) is -2.14. The number of para-hydroxylation sites is 2. The van der Waals surface area contributed by atoms with Gasteiger partial charge in [-0.25, -0.2) is 9.18 Å². The van der Waals surface area contributed by atoms with E-state index in [1.165, 1.54) is 33.7 Å². The van der Waals surface area contributed by atoms with Crippen LogP contribution in [0.25, 0.3) is 11.1 Å². The van der Waals surface area contributed by atoms with Crippen LogP contribution >= 0.6 is 0 Å². The van der Waals surface area contributed by atoms with Crippen molar-refractivity contribution in [3.05, 3.63) is 64.9 Å². The molecule has 1 aromatic heterocycles. The summed E-state index contributed by atoms with van der Waals surface area (Å²) in [7, 11) is 0. The van der Waals surface area contributed by atoms with Crippen LogP contribution < -0.4 is 16.4 Å². The van der Waals surface area contributed by atoms with Gasteiger partial charge in [0.05, 0.1) is 5.52 Å². The van der Waals surface area contributed by atoms with Crippen LogP contribution in [0.3, 0.4) is 0 Å². The molecule has 2 aromatic carbocycles. The van der Waals surface area contributed by atoms with Crippen LogP contribution in [-0.2, 0) is 16.1 Å². The lowest BCUT2D eigenvalue weighted by Crippen LogP contribution is -2.37. The predicted molar refractivity (Wildman–Crippen MR) is 93.0 cm³/mol. The van der Waals surface area contributed by atoms with Gasteiger partial charge in [0.15, 0.2) is 5.58 Å². The third kappa shape index (κ3) is 3.64. The molecule has 0 aliphatic heterocycles. The van der Waals surface area contributed by atoms with Gasteiger partial charge in [-0.15, -0.1) is 0 Å². The fourth-order valence-electron chi connectivity index (χ4n) is 2.63. The van der Waals surface area contributed by atoms with Crippen molar-refractivity contribution in [3.8, 4) is 0 Å². The average molecular weight is 357 g/mol. The maximum absolute atomic E-state index is 13.2. The molecule has 134 valence electrons. The molecule has 0 bridgehead atoms. The number of rotatable bonds is 6. The van der Waals surface area contributed by atoms with E-state index in [2.05, 4.69) is 0 Å². The average Bonchev–Trinajstić information content (AvgIpc) is 2.92. The highest BCUT2D eigenvalue weighted by atomic mass is 19.1. The maximum Gasteiger partial charge on any atom is 0.420 e. The number of hydrogen-bond acceptors (Lipinski definition) is 4. The summed E-state index contributed by atoms with van der Waals surface area (Å²) in [6.07, 6.45) is -0.0653. The first-order valence-electron chi connectivity index (χ1n) is 7.88. The molecule has 0 aliphatic rings. The van der Waals surface area contributed by atoms with Crippen LogP contribution in [-0.4, -0.2) is 22.9 Å². The quantitative estimate of drug-likeness (QED) is 0.725. The summed E-state index contributed by atoms with van der Waals surface area (Å²) in [4.78, 5) is 37.2. The number of benzene rings is 2. The molecule has 8 heteroatoms. The van der Waals surface area contributed by atoms with Crippen LogP contribution in [0.2, 0.25) is 0 Å². The minimum absolute atomic E-state index is 0.0182. The van der Waals surface area contributed by atoms with Gasteiger partial charge in [0.25, 0.3) is 0 Å². The molecule has 3 rings (SSSR count). The first-order chi connectivity index (χ1) is 12.5.